The van der Waals surface area contributed by atoms with Crippen LogP contribution >= 0.6 is 15.9 Å². The maximum absolute atomic E-state index is 12.3. The molecule has 0 aromatic heterocycles. The van der Waals surface area contributed by atoms with Gasteiger partial charge in [0.2, 0.25) is 5.91 Å². The third-order valence-electron chi connectivity index (χ3n) is 4.02. The Morgan fingerprint density at radius 3 is 2.54 bits per heavy atom. The second-order valence-corrected chi connectivity index (χ2v) is 7.47. The minimum absolute atomic E-state index is 0.0889. The van der Waals surface area contributed by atoms with Crippen LogP contribution in [0.2, 0.25) is 0 Å². The predicted molar refractivity (Wildman–Crippen MR) is 101 cm³/mol. The number of halogens is 1. The number of ether oxygens (including phenoxy) is 1. The third kappa shape index (κ3) is 5.46. The van der Waals surface area contributed by atoms with Gasteiger partial charge in [-0.3, -0.25) is 4.79 Å². The lowest BCUT2D eigenvalue weighted by atomic mass is 9.84. The summed E-state index contributed by atoms with van der Waals surface area (Å²) in [5, 5.41) is 3.00. The van der Waals surface area contributed by atoms with Crippen molar-refractivity contribution in [3.63, 3.8) is 0 Å². The van der Waals surface area contributed by atoms with Gasteiger partial charge in [0.05, 0.1) is 6.61 Å². The molecule has 2 aromatic carbocycles. The van der Waals surface area contributed by atoms with Crippen LogP contribution in [0.1, 0.15) is 31.9 Å². The zero-order valence-corrected chi connectivity index (χ0v) is 16.0. The molecule has 1 atom stereocenters. The van der Waals surface area contributed by atoms with E-state index in [1.54, 1.807) is 6.92 Å². The zero-order valence-electron chi connectivity index (χ0n) is 14.4. The molecule has 3 nitrogen and oxygen atoms in total. The highest BCUT2D eigenvalue weighted by Crippen LogP contribution is 2.25. The highest BCUT2D eigenvalue weighted by Gasteiger charge is 2.23. The normalized spacial score (nSPS) is 12.7. The topological polar surface area (TPSA) is 38.3 Å². The lowest BCUT2D eigenvalue weighted by Gasteiger charge is -2.26. The van der Waals surface area contributed by atoms with Gasteiger partial charge >= 0.3 is 0 Å². The molecule has 128 valence electrons. The van der Waals surface area contributed by atoms with Gasteiger partial charge in [-0.2, -0.15) is 0 Å². The Bertz CT molecular complexity index is 670. The molecule has 0 aliphatic carbocycles. The van der Waals surface area contributed by atoms with Crippen molar-refractivity contribution in [3.8, 4) is 0 Å². The molecule has 0 fully saturated rings. The Labute approximate surface area is 152 Å². The molecular weight excluding hydrogens is 366 g/mol. The van der Waals surface area contributed by atoms with Crippen LogP contribution in [0, 0.1) is 0 Å². The van der Waals surface area contributed by atoms with Gasteiger partial charge in [0.15, 0.2) is 0 Å². The van der Waals surface area contributed by atoms with E-state index in [1.165, 1.54) is 5.56 Å². The monoisotopic (exact) mass is 389 g/mol. The van der Waals surface area contributed by atoms with Gasteiger partial charge in [-0.1, -0.05) is 72.2 Å². The van der Waals surface area contributed by atoms with Gasteiger partial charge < -0.3 is 10.1 Å². The van der Waals surface area contributed by atoms with E-state index >= 15 is 0 Å². The van der Waals surface area contributed by atoms with E-state index in [1.807, 2.05) is 42.5 Å². The Hall–Kier alpha value is -1.65. The molecule has 2 rings (SSSR count). The van der Waals surface area contributed by atoms with E-state index in [0.717, 1.165) is 10.0 Å². The minimum atomic E-state index is -0.483. The summed E-state index contributed by atoms with van der Waals surface area (Å²) in [5.74, 6) is -0.0889. The summed E-state index contributed by atoms with van der Waals surface area (Å²) in [6.07, 6.45) is -0.483. The molecule has 1 N–H and O–H groups in total. The van der Waals surface area contributed by atoms with Crippen molar-refractivity contribution in [2.45, 2.75) is 38.9 Å². The number of carbonyl (C=O) groups is 1. The Kier molecular flexibility index (Phi) is 6.58. The number of amides is 1. The van der Waals surface area contributed by atoms with E-state index in [4.69, 9.17) is 4.74 Å². The summed E-state index contributed by atoms with van der Waals surface area (Å²) in [7, 11) is 0. The van der Waals surface area contributed by atoms with Gasteiger partial charge in [-0.25, -0.2) is 0 Å². The first kappa shape index (κ1) is 18.7. The second kappa shape index (κ2) is 8.45. The molecule has 0 radical (unpaired) electrons. The van der Waals surface area contributed by atoms with Crippen LogP contribution in [-0.2, 0) is 21.6 Å². The lowest BCUT2D eigenvalue weighted by Crippen LogP contribution is -2.41. The quantitative estimate of drug-likeness (QED) is 0.759. The molecule has 0 aliphatic heterocycles. The van der Waals surface area contributed by atoms with Crippen molar-refractivity contribution in [3.05, 3.63) is 70.2 Å². The number of nitrogens with one attached hydrogen (secondary N) is 1. The zero-order chi connectivity index (χ0) is 17.6. The van der Waals surface area contributed by atoms with Crippen LogP contribution in [0.3, 0.4) is 0 Å². The Balaban J connectivity index is 1.85. The van der Waals surface area contributed by atoms with Crippen LogP contribution < -0.4 is 5.32 Å². The van der Waals surface area contributed by atoms with Crippen molar-refractivity contribution in [1.82, 2.24) is 5.32 Å². The highest BCUT2D eigenvalue weighted by molar-refractivity contribution is 9.10. The third-order valence-corrected chi connectivity index (χ3v) is 4.52. The molecule has 0 saturated carbocycles. The molecule has 2 aromatic rings. The van der Waals surface area contributed by atoms with Crippen molar-refractivity contribution < 1.29 is 9.53 Å². The van der Waals surface area contributed by atoms with Crippen molar-refractivity contribution in [2.75, 3.05) is 6.54 Å². The smallest absolute Gasteiger partial charge is 0.248 e. The van der Waals surface area contributed by atoms with Crippen LogP contribution in [0.25, 0.3) is 0 Å². The summed E-state index contributed by atoms with van der Waals surface area (Å²) in [5.41, 5.74) is 2.08. The number of benzene rings is 2. The molecular formula is C20H24BrNO2. The molecule has 4 heteroatoms. The van der Waals surface area contributed by atoms with Crippen LogP contribution in [-0.4, -0.2) is 18.6 Å². The molecule has 1 unspecified atom stereocenters. The van der Waals surface area contributed by atoms with Gasteiger partial charge in [-0.15, -0.1) is 0 Å². The molecule has 0 aliphatic rings. The summed E-state index contributed by atoms with van der Waals surface area (Å²) < 4.78 is 6.70. The maximum Gasteiger partial charge on any atom is 0.248 e. The van der Waals surface area contributed by atoms with Crippen molar-refractivity contribution in [1.29, 1.82) is 0 Å². The fourth-order valence-corrected chi connectivity index (χ4v) is 2.73. The van der Waals surface area contributed by atoms with Crippen LogP contribution in [0.15, 0.2) is 59.1 Å². The maximum atomic E-state index is 12.3. The fraction of sp³-hybridized carbons (Fsp3) is 0.350. The van der Waals surface area contributed by atoms with E-state index in [2.05, 4.69) is 47.2 Å². The first-order chi connectivity index (χ1) is 11.4. The predicted octanol–water partition coefficient (Wildman–Crippen LogP) is 4.45. The van der Waals surface area contributed by atoms with Crippen LogP contribution in [0.5, 0.6) is 0 Å². The van der Waals surface area contributed by atoms with E-state index in [-0.39, 0.29) is 11.3 Å². The Morgan fingerprint density at radius 2 is 1.88 bits per heavy atom. The lowest BCUT2D eigenvalue weighted by molar-refractivity contribution is -0.132. The van der Waals surface area contributed by atoms with Gasteiger partial charge in [-0.05, 0) is 30.2 Å². The standard InChI is InChI=1S/C20H24BrNO2/c1-15(24-13-16-8-5-4-6-9-16)19(23)22-14-20(2,3)17-10-7-11-18(21)12-17/h4-12,15H,13-14H2,1-3H3,(H,22,23). The van der Waals surface area contributed by atoms with Crippen LogP contribution in [0.4, 0.5) is 0 Å². The molecule has 0 heterocycles. The Morgan fingerprint density at radius 1 is 1.17 bits per heavy atom. The van der Waals surface area contributed by atoms with E-state index in [0.29, 0.717) is 13.2 Å². The number of carbonyl (C=O) groups excluding carboxylic acids is 1. The fourth-order valence-electron chi connectivity index (χ4n) is 2.33. The molecule has 0 saturated heterocycles. The van der Waals surface area contributed by atoms with Gasteiger partial charge in [0.1, 0.15) is 6.10 Å². The average molecular weight is 390 g/mol. The molecule has 1 amide bonds. The molecule has 0 bridgehead atoms. The number of hydrogen-bond donors (Lipinski definition) is 1. The number of rotatable bonds is 7. The van der Waals surface area contributed by atoms with Gasteiger partial charge in [0.25, 0.3) is 0 Å². The minimum Gasteiger partial charge on any atom is -0.364 e. The highest BCUT2D eigenvalue weighted by atomic mass is 79.9. The summed E-state index contributed by atoms with van der Waals surface area (Å²) >= 11 is 3.49. The van der Waals surface area contributed by atoms with E-state index in [9.17, 15) is 4.79 Å². The molecule has 0 spiro atoms. The molecule has 24 heavy (non-hydrogen) atoms. The number of hydrogen-bond acceptors (Lipinski definition) is 2. The van der Waals surface area contributed by atoms with Gasteiger partial charge in [0, 0.05) is 16.4 Å². The average Bonchev–Trinajstić information content (AvgIpc) is 2.58. The summed E-state index contributed by atoms with van der Waals surface area (Å²) in [4.78, 5) is 12.3. The van der Waals surface area contributed by atoms with E-state index < -0.39 is 6.10 Å². The first-order valence-electron chi connectivity index (χ1n) is 8.08. The summed E-state index contributed by atoms with van der Waals surface area (Å²) in [6.45, 7) is 7.01. The largest absolute Gasteiger partial charge is 0.364 e. The van der Waals surface area contributed by atoms with Crippen molar-refractivity contribution >= 4 is 21.8 Å². The van der Waals surface area contributed by atoms with Crippen molar-refractivity contribution in [2.24, 2.45) is 0 Å². The summed E-state index contributed by atoms with van der Waals surface area (Å²) in [6, 6.07) is 18.0. The first-order valence-corrected chi connectivity index (χ1v) is 8.87. The SMILES string of the molecule is CC(OCc1ccccc1)C(=O)NCC(C)(C)c1cccc(Br)c1. The second-order valence-electron chi connectivity index (χ2n) is 6.55.